The minimum atomic E-state index is -0.377. The molecule has 0 spiro atoms. The van der Waals surface area contributed by atoms with Crippen LogP contribution in [0.15, 0.2) is 61.2 Å². The second-order valence-corrected chi connectivity index (χ2v) is 8.05. The van der Waals surface area contributed by atoms with Gasteiger partial charge in [0.1, 0.15) is 17.1 Å². The highest BCUT2D eigenvalue weighted by atomic mass is 32.1. The van der Waals surface area contributed by atoms with Crippen molar-refractivity contribution in [2.24, 2.45) is 0 Å². The molecule has 1 amide bonds. The van der Waals surface area contributed by atoms with Crippen molar-refractivity contribution in [2.75, 3.05) is 18.1 Å². The van der Waals surface area contributed by atoms with E-state index in [1.54, 1.807) is 23.5 Å². The molecule has 0 N–H and O–H groups in total. The lowest BCUT2D eigenvalue weighted by Crippen LogP contribution is -2.33. The van der Waals surface area contributed by atoms with E-state index < -0.39 is 0 Å². The van der Waals surface area contributed by atoms with Gasteiger partial charge in [-0.05, 0) is 43.2 Å². The number of rotatable bonds is 9. The summed E-state index contributed by atoms with van der Waals surface area (Å²) >= 11 is 1.33. The van der Waals surface area contributed by atoms with Gasteiger partial charge >= 0.3 is 0 Å². The van der Waals surface area contributed by atoms with Crippen molar-refractivity contribution in [3.05, 3.63) is 72.6 Å². The number of para-hydroxylation sites is 1. The number of anilines is 1. The van der Waals surface area contributed by atoms with Crippen molar-refractivity contribution in [3.8, 4) is 5.75 Å². The van der Waals surface area contributed by atoms with Crippen molar-refractivity contribution >= 4 is 32.6 Å². The van der Waals surface area contributed by atoms with Crippen LogP contribution in [0.4, 0.5) is 9.52 Å². The van der Waals surface area contributed by atoms with Crippen molar-refractivity contribution in [2.45, 2.75) is 26.3 Å². The van der Waals surface area contributed by atoms with Crippen molar-refractivity contribution in [3.63, 3.8) is 0 Å². The number of hydrogen-bond donors (Lipinski definition) is 0. The second kappa shape index (κ2) is 9.70. The minimum Gasteiger partial charge on any atom is -0.494 e. The number of halogens is 1. The maximum atomic E-state index is 14.2. The Kier molecular flexibility index (Phi) is 6.57. The van der Waals surface area contributed by atoms with Crippen molar-refractivity contribution in [1.29, 1.82) is 0 Å². The predicted octanol–water partition coefficient (Wildman–Crippen LogP) is 4.70. The molecule has 0 atom stereocenters. The Bertz CT molecular complexity index is 1140. The molecule has 31 heavy (non-hydrogen) atoms. The van der Waals surface area contributed by atoms with Gasteiger partial charge in [-0.2, -0.15) is 0 Å². The molecule has 2 aromatic heterocycles. The molecule has 8 heteroatoms. The van der Waals surface area contributed by atoms with E-state index in [9.17, 15) is 9.18 Å². The fourth-order valence-electron chi connectivity index (χ4n) is 3.32. The zero-order valence-electron chi connectivity index (χ0n) is 17.2. The molecule has 0 aliphatic heterocycles. The first-order valence-electron chi connectivity index (χ1n) is 10.2. The Hall–Kier alpha value is -3.26. The van der Waals surface area contributed by atoms with Crippen LogP contribution in [0, 0.1) is 5.82 Å². The summed E-state index contributed by atoms with van der Waals surface area (Å²) in [6.45, 7) is 3.73. The third-order valence-corrected chi connectivity index (χ3v) is 5.88. The highest BCUT2D eigenvalue weighted by molar-refractivity contribution is 7.22. The molecule has 4 rings (SSSR count). The molecule has 0 fully saturated rings. The Labute approximate surface area is 183 Å². The monoisotopic (exact) mass is 438 g/mol. The van der Waals surface area contributed by atoms with E-state index in [0.717, 1.165) is 29.0 Å². The number of aromatic nitrogens is 3. The summed E-state index contributed by atoms with van der Waals surface area (Å²) in [6, 6.07) is 12.4. The molecule has 160 valence electrons. The van der Waals surface area contributed by atoms with Gasteiger partial charge in [0, 0.05) is 25.5 Å². The molecule has 0 saturated heterocycles. The van der Waals surface area contributed by atoms with Crippen molar-refractivity contribution < 1.29 is 13.9 Å². The Morgan fingerprint density at radius 2 is 2.06 bits per heavy atom. The number of aryl methyl sites for hydroxylation is 1. The van der Waals surface area contributed by atoms with Gasteiger partial charge in [-0.3, -0.25) is 9.69 Å². The first kappa shape index (κ1) is 21.0. The molecule has 0 bridgehead atoms. The summed E-state index contributed by atoms with van der Waals surface area (Å²) in [5, 5.41) is 0.515. The van der Waals surface area contributed by atoms with Crippen molar-refractivity contribution in [1.82, 2.24) is 14.5 Å². The first-order chi connectivity index (χ1) is 15.1. The van der Waals surface area contributed by atoms with Crippen LogP contribution >= 0.6 is 11.3 Å². The smallest absolute Gasteiger partial charge is 0.233 e. The van der Waals surface area contributed by atoms with Crippen LogP contribution in [0.25, 0.3) is 10.2 Å². The van der Waals surface area contributed by atoms with Crippen LogP contribution in [0.1, 0.15) is 18.9 Å². The molecule has 0 aliphatic carbocycles. The zero-order valence-corrected chi connectivity index (χ0v) is 18.0. The van der Waals surface area contributed by atoms with Gasteiger partial charge in [0.15, 0.2) is 5.13 Å². The number of carbonyl (C=O) groups is 1. The van der Waals surface area contributed by atoms with Crippen LogP contribution in [0.5, 0.6) is 5.75 Å². The molecule has 0 unspecified atom stereocenters. The highest BCUT2D eigenvalue weighted by Gasteiger charge is 2.21. The van der Waals surface area contributed by atoms with Gasteiger partial charge in [-0.25, -0.2) is 14.4 Å². The summed E-state index contributed by atoms with van der Waals surface area (Å²) in [4.78, 5) is 23.4. The summed E-state index contributed by atoms with van der Waals surface area (Å²) in [6.07, 6.45) is 6.32. The van der Waals surface area contributed by atoms with Crippen LogP contribution in [-0.2, 0) is 17.8 Å². The van der Waals surface area contributed by atoms with E-state index in [1.165, 1.54) is 17.4 Å². The maximum Gasteiger partial charge on any atom is 0.233 e. The Morgan fingerprint density at radius 3 is 2.77 bits per heavy atom. The number of amides is 1. The first-order valence-corrected chi connectivity index (χ1v) is 11.0. The average Bonchev–Trinajstić information content (AvgIpc) is 3.43. The second-order valence-electron chi connectivity index (χ2n) is 7.04. The fraction of sp³-hybridized carbons (Fsp3) is 0.261. The molecular weight excluding hydrogens is 415 g/mol. The number of carbonyl (C=O) groups excluding carboxylic acids is 1. The van der Waals surface area contributed by atoms with Gasteiger partial charge in [0.2, 0.25) is 5.91 Å². The molecule has 0 saturated carbocycles. The van der Waals surface area contributed by atoms with Crippen LogP contribution in [0.2, 0.25) is 0 Å². The third kappa shape index (κ3) is 5.08. The predicted molar refractivity (Wildman–Crippen MR) is 120 cm³/mol. The van der Waals surface area contributed by atoms with Crippen LogP contribution in [-0.4, -0.2) is 33.6 Å². The van der Waals surface area contributed by atoms with Gasteiger partial charge in [0.25, 0.3) is 0 Å². The summed E-state index contributed by atoms with van der Waals surface area (Å²) < 4.78 is 22.3. The van der Waals surface area contributed by atoms with E-state index in [-0.39, 0.29) is 18.1 Å². The van der Waals surface area contributed by atoms with Gasteiger partial charge in [-0.15, -0.1) is 0 Å². The van der Waals surface area contributed by atoms with Gasteiger partial charge in [0.05, 0.1) is 24.1 Å². The Morgan fingerprint density at radius 1 is 1.23 bits per heavy atom. The average molecular weight is 439 g/mol. The molecule has 2 heterocycles. The fourth-order valence-corrected chi connectivity index (χ4v) is 4.34. The lowest BCUT2D eigenvalue weighted by Gasteiger charge is -2.20. The largest absolute Gasteiger partial charge is 0.494 e. The zero-order chi connectivity index (χ0) is 21.6. The van der Waals surface area contributed by atoms with E-state index in [2.05, 4.69) is 9.97 Å². The number of hydrogen-bond acceptors (Lipinski definition) is 5. The molecule has 0 aliphatic rings. The normalized spacial score (nSPS) is 11.0. The molecule has 6 nitrogen and oxygen atoms in total. The number of ether oxygens (including phenoxy) is 1. The van der Waals surface area contributed by atoms with E-state index in [0.29, 0.717) is 23.8 Å². The minimum absolute atomic E-state index is 0.0748. The summed E-state index contributed by atoms with van der Waals surface area (Å²) in [5.41, 5.74) is 1.19. The summed E-state index contributed by atoms with van der Waals surface area (Å²) in [7, 11) is 0. The quantitative estimate of drug-likeness (QED) is 0.380. The van der Waals surface area contributed by atoms with E-state index >= 15 is 0 Å². The van der Waals surface area contributed by atoms with Crippen LogP contribution < -0.4 is 9.64 Å². The topological polar surface area (TPSA) is 60.2 Å². The SMILES string of the molecule is CCOc1ccc(CC(=O)N(CCCn2ccnc2)c2nc3c(F)cccc3s2)cc1. The number of fused-ring (bicyclic) bond motifs is 1. The van der Waals surface area contributed by atoms with Gasteiger partial charge < -0.3 is 9.30 Å². The number of nitrogens with zero attached hydrogens (tertiary/aromatic N) is 4. The standard InChI is InChI=1S/C23H23FN4O2S/c1-2-30-18-9-7-17(8-10-18)15-21(29)28(13-4-12-27-14-11-25-16-27)23-26-22-19(24)5-3-6-20(22)31-23/h3,5-11,14,16H,2,4,12-13,15H2,1H3. The molecule has 0 radical (unpaired) electrons. The van der Waals surface area contributed by atoms with E-state index in [1.807, 2.05) is 48.0 Å². The van der Waals surface area contributed by atoms with Gasteiger partial charge in [-0.1, -0.05) is 29.5 Å². The lowest BCUT2D eigenvalue weighted by molar-refractivity contribution is -0.118. The third-order valence-electron chi connectivity index (χ3n) is 4.84. The Balaban J connectivity index is 1.54. The lowest BCUT2D eigenvalue weighted by atomic mass is 10.1. The molecular formula is C23H23FN4O2S. The number of imidazole rings is 1. The van der Waals surface area contributed by atoms with Crippen LogP contribution in [0.3, 0.4) is 0 Å². The summed E-state index contributed by atoms with van der Waals surface area (Å²) in [5.74, 6) is 0.323. The van der Waals surface area contributed by atoms with E-state index in [4.69, 9.17) is 4.74 Å². The maximum absolute atomic E-state index is 14.2. The molecule has 2 aromatic carbocycles. The number of thiazole rings is 1. The number of benzene rings is 2. The molecule has 4 aromatic rings. The highest BCUT2D eigenvalue weighted by Crippen LogP contribution is 2.31.